The second-order valence-corrected chi connectivity index (χ2v) is 9.40. The number of pyridine rings is 1. The number of hydrogen-bond acceptors (Lipinski definition) is 6. The minimum atomic E-state index is -0.474. The fourth-order valence-corrected chi connectivity index (χ4v) is 4.93. The van der Waals surface area contributed by atoms with Gasteiger partial charge in [0.05, 0.1) is 42.8 Å². The Hall–Kier alpha value is -2.48. The molecule has 7 nitrogen and oxygen atoms in total. The summed E-state index contributed by atoms with van der Waals surface area (Å²) in [6, 6.07) is 10.2. The number of rotatable bonds is 4. The highest BCUT2D eigenvalue weighted by atomic mass is 16.5. The van der Waals surface area contributed by atoms with Crippen molar-refractivity contribution in [3.63, 3.8) is 0 Å². The third-order valence-corrected chi connectivity index (χ3v) is 6.58. The fourth-order valence-electron chi connectivity index (χ4n) is 4.93. The number of anilines is 3. The molecule has 0 radical (unpaired) electrons. The van der Waals surface area contributed by atoms with Gasteiger partial charge in [-0.05, 0) is 69.7 Å². The molecule has 3 atom stereocenters. The van der Waals surface area contributed by atoms with Gasteiger partial charge in [-0.3, -0.25) is 4.79 Å². The Labute approximate surface area is 196 Å². The smallest absolute Gasteiger partial charge is 0.256 e. The van der Waals surface area contributed by atoms with E-state index in [1.165, 1.54) is 0 Å². The van der Waals surface area contributed by atoms with Crippen molar-refractivity contribution in [2.75, 3.05) is 23.4 Å². The number of nitrogens with one attached hydrogen (secondary N) is 1. The molecular weight excluding hydrogens is 418 g/mol. The monoisotopic (exact) mass is 453 g/mol. The largest absolute Gasteiger partial charge is 0.374 e. The van der Waals surface area contributed by atoms with Gasteiger partial charge in [-0.2, -0.15) is 0 Å². The molecular formula is C26H35N3O4. The van der Waals surface area contributed by atoms with E-state index >= 15 is 0 Å². The van der Waals surface area contributed by atoms with Crippen molar-refractivity contribution in [2.24, 2.45) is 0 Å². The Kier molecular flexibility index (Phi) is 6.62. The maximum atomic E-state index is 13.8. The van der Waals surface area contributed by atoms with E-state index < -0.39 is 6.10 Å². The van der Waals surface area contributed by atoms with Gasteiger partial charge in [-0.25, -0.2) is 4.98 Å². The van der Waals surface area contributed by atoms with Crippen molar-refractivity contribution in [3.05, 3.63) is 47.7 Å². The fraction of sp³-hybridized carbons (Fsp3) is 0.538. The summed E-state index contributed by atoms with van der Waals surface area (Å²) in [4.78, 5) is 20.1. The highest BCUT2D eigenvalue weighted by molar-refractivity contribution is 6.01. The second-order valence-electron chi connectivity index (χ2n) is 9.40. The first-order valence-electron chi connectivity index (χ1n) is 12.1. The number of aromatic nitrogens is 1. The van der Waals surface area contributed by atoms with E-state index in [4.69, 9.17) is 14.2 Å². The number of nitrogens with zero attached hydrogens (tertiary/aromatic N) is 2. The van der Waals surface area contributed by atoms with Crippen LogP contribution >= 0.6 is 0 Å². The van der Waals surface area contributed by atoms with E-state index in [-0.39, 0.29) is 25.6 Å². The molecule has 2 aromatic rings. The summed E-state index contributed by atoms with van der Waals surface area (Å²) in [5, 5.41) is 3.44. The van der Waals surface area contributed by atoms with E-state index in [0.717, 1.165) is 60.6 Å². The summed E-state index contributed by atoms with van der Waals surface area (Å²) >= 11 is 0. The van der Waals surface area contributed by atoms with E-state index in [0.29, 0.717) is 19.6 Å². The summed E-state index contributed by atoms with van der Waals surface area (Å²) in [6.45, 7) is 5.73. The number of benzene rings is 1. The molecule has 0 spiro atoms. The molecule has 1 unspecified atom stereocenters. The number of carbonyl (C=O) groups is 1. The van der Waals surface area contributed by atoms with Crippen LogP contribution in [0.15, 0.2) is 36.5 Å². The van der Waals surface area contributed by atoms with Crippen molar-refractivity contribution in [3.8, 4) is 0 Å². The van der Waals surface area contributed by atoms with Crippen LogP contribution < -0.4 is 10.2 Å². The lowest BCUT2D eigenvalue weighted by Crippen LogP contribution is -2.44. The maximum Gasteiger partial charge on any atom is 0.256 e. The first kappa shape index (κ1) is 22.3. The second kappa shape index (κ2) is 9.79. The van der Waals surface area contributed by atoms with Crippen LogP contribution in [-0.4, -0.2) is 42.4 Å². The van der Waals surface area contributed by atoms with Crippen molar-refractivity contribution in [1.29, 1.82) is 0 Å². The molecule has 4 heterocycles. The molecule has 0 bridgehead atoms. The highest BCUT2D eigenvalue weighted by Gasteiger charge is 2.34. The van der Waals surface area contributed by atoms with Gasteiger partial charge < -0.3 is 24.4 Å². The third kappa shape index (κ3) is 4.90. The standard InChI is InChI=1S/C26H33N3O4.H2/c1-17(2)33-20-9-11-24(32-16-20)26(30)29-15-19-6-5-12-27-25(19)28-21-10-8-18(14-22(21)29)23-7-3-4-13-31-23;/h5-6,8,10,12,14,17,20,23-24H,3-4,7,9,11,13,15-16H2,1-2H3,(H,27,28);1H/t20-,23?,24+;/m0./s1. The summed E-state index contributed by atoms with van der Waals surface area (Å²) in [6.07, 6.45) is 6.32. The van der Waals surface area contributed by atoms with Gasteiger partial charge in [0.1, 0.15) is 11.9 Å². The molecule has 3 aliphatic rings. The summed E-state index contributed by atoms with van der Waals surface area (Å²) in [7, 11) is 0. The average Bonchev–Trinajstić information content (AvgIpc) is 3.00. The Morgan fingerprint density at radius 3 is 2.88 bits per heavy atom. The summed E-state index contributed by atoms with van der Waals surface area (Å²) in [5.41, 5.74) is 3.82. The molecule has 7 heteroatoms. The summed E-state index contributed by atoms with van der Waals surface area (Å²) in [5.74, 6) is 0.769. The van der Waals surface area contributed by atoms with Gasteiger partial charge in [-0.15, -0.1) is 0 Å². The van der Waals surface area contributed by atoms with Gasteiger partial charge in [0, 0.05) is 19.8 Å². The number of carbonyl (C=O) groups excluding carboxylic acids is 1. The van der Waals surface area contributed by atoms with Crippen LogP contribution in [0.5, 0.6) is 0 Å². The Bertz CT molecular complexity index is 988. The Morgan fingerprint density at radius 2 is 2.12 bits per heavy atom. The van der Waals surface area contributed by atoms with Gasteiger partial charge in [-0.1, -0.05) is 12.1 Å². The Balaban J connectivity index is 0.00000274. The molecule has 1 aromatic carbocycles. The van der Waals surface area contributed by atoms with Crippen molar-refractivity contribution in [2.45, 2.75) is 76.9 Å². The molecule has 2 saturated heterocycles. The average molecular weight is 454 g/mol. The van der Waals surface area contributed by atoms with Crippen LogP contribution in [0.4, 0.5) is 17.2 Å². The minimum absolute atomic E-state index is 0. The van der Waals surface area contributed by atoms with E-state index in [9.17, 15) is 4.79 Å². The molecule has 1 amide bonds. The van der Waals surface area contributed by atoms with E-state index in [1.807, 2.05) is 36.9 Å². The zero-order valence-corrected chi connectivity index (χ0v) is 19.5. The van der Waals surface area contributed by atoms with Crippen LogP contribution in [0.1, 0.15) is 64.6 Å². The van der Waals surface area contributed by atoms with E-state index in [1.54, 1.807) is 6.20 Å². The zero-order valence-electron chi connectivity index (χ0n) is 19.5. The molecule has 1 aromatic heterocycles. The molecule has 1 N–H and O–H groups in total. The van der Waals surface area contributed by atoms with Crippen molar-refractivity contribution in [1.82, 2.24) is 4.98 Å². The highest BCUT2D eigenvalue weighted by Crippen LogP contribution is 2.39. The number of fused-ring (bicyclic) bond motifs is 2. The van der Waals surface area contributed by atoms with Gasteiger partial charge in [0.2, 0.25) is 0 Å². The maximum absolute atomic E-state index is 13.8. The van der Waals surface area contributed by atoms with Crippen molar-refractivity contribution < 1.29 is 20.4 Å². The lowest BCUT2D eigenvalue weighted by Gasteiger charge is -2.33. The summed E-state index contributed by atoms with van der Waals surface area (Å²) < 4.78 is 17.9. The normalized spacial score (nSPS) is 25.1. The van der Waals surface area contributed by atoms with Crippen LogP contribution in [0, 0.1) is 0 Å². The van der Waals surface area contributed by atoms with Crippen LogP contribution in [0.3, 0.4) is 0 Å². The quantitative estimate of drug-likeness (QED) is 0.692. The molecule has 3 aliphatic heterocycles. The molecule has 178 valence electrons. The molecule has 2 fully saturated rings. The van der Waals surface area contributed by atoms with Gasteiger partial charge >= 0.3 is 0 Å². The van der Waals surface area contributed by atoms with Gasteiger partial charge in [0.15, 0.2) is 0 Å². The van der Waals surface area contributed by atoms with Crippen LogP contribution in [-0.2, 0) is 25.5 Å². The topological polar surface area (TPSA) is 72.9 Å². The number of amides is 1. The lowest BCUT2D eigenvalue weighted by molar-refractivity contribution is -0.143. The van der Waals surface area contributed by atoms with Crippen LogP contribution in [0.2, 0.25) is 0 Å². The number of ether oxygens (including phenoxy) is 3. The minimum Gasteiger partial charge on any atom is -0.374 e. The Morgan fingerprint density at radius 1 is 1.21 bits per heavy atom. The van der Waals surface area contributed by atoms with Gasteiger partial charge in [0.25, 0.3) is 5.91 Å². The SMILES string of the molecule is CC(C)O[C@H]1CC[C@H](C(=O)N2Cc3cccnc3Nc3ccc(C4CCCCO4)cc32)OC1.[HH]. The predicted octanol–water partition coefficient (Wildman–Crippen LogP) is 5.13. The molecule has 0 saturated carbocycles. The first-order valence-corrected chi connectivity index (χ1v) is 12.1. The third-order valence-electron chi connectivity index (χ3n) is 6.58. The van der Waals surface area contributed by atoms with Crippen LogP contribution in [0.25, 0.3) is 0 Å². The molecule has 33 heavy (non-hydrogen) atoms. The predicted molar refractivity (Wildman–Crippen MR) is 129 cm³/mol. The zero-order chi connectivity index (χ0) is 22.8. The first-order chi connectivity index (χ1) is 16.1. The lowest BCUT2D eigenvalue weighted by atomic mass is 9.99. The number of hydrogen-bond donors (Lipinski definition) is 1. The van der Waals surface area contributed by atoms with Crippen molar-refractivity contribution >= 4 is 23.1 Å². The molecule has 5 rings (SSSR count). The van der Waals surface area contributed by atoms with E-state index in [2.05, 4.69) is 22.4 Å². The molecule has 0 aliphatic carbocycles.